The number of benzene rings is 2. The highest BCUT2D eigenvalue weighted by Gasteiger charge is 2.07. The molecule has 0 unspecified atom stereocenters. The van der Waals surface area contributed by atoms with E-state index in [1.165, 1.54) is 23.0 Å². The summed E-state index contributed by atoms with van der Waals surface area (Å²) in [5.41, 5.74) is 7.65. The minimum Gasteiger partial charge on any atom is -0.368 e. The van der Waals surface area contributed by atoms with Crippen LogP contribution in [0.4, 0.5) is 10.3 Å². The van der Waals surface area contributed by atoms with Crippen LogP contribution in [0.5, 0.6) is 0 Å². The topological polar surface area (TPSA) is 56.2 Å². The Bertz CT molecular complexity index is 807. The first-order chi connectivity index (χ1) is 10.6. The third kappa shape index (κ3) is 2.84. The summed E-state index contributed by atoms with van der Waals surface area (Å²) in [5, 5.41) is 4.41. The second kappa shape index (κ2) is 5.99. The summed E-state index contributed by atoms with van der Waals surface area (Å²) in [5.74, 6) is -0.235. The number of nitrogens with two attached hydrogens (primary N) is 1. The predicted molar refractivity (Wildman–Crippen MR) is 86.5 cm³/mol. The van der Waals surface area contributed by atoms with Gasteiger partial charge in [-0.3, -0.25) is 0 Å². The first-order valence-electron chi connectivity index (χ1n) is 6.54. The minimum absolute atomic E-state index is 0.207. The number of imidazole rings is 1. The highest BCUT2D eigenvalue weighted by Crippen LogP contribution is 2.20. The largest absolute Gasteiger partial charge is 0.368 e. The smallest absolute Gasteiger partial charge is 0.221 e. The molecule has 0 bridgehead atoms. The van der Waals surface area contributed by atoms with Gasteiger partial charge in [0, 0.05) is 11.1 Å². The highest BCUT2D eigenvalue weighted by atomic mass is 35.5. The molecule has 0 aliphatic carbocycles. The van der Waals surface area contributed by atoms with E-state index in [0.29, 0.717) is 5.69 Å². The van der Waals surface area contributed by atoms with Crippen LogP contribution in [0.2, 0.25) is 5.02 Å². The van der Waals surface area contributed by atoms with Crippen LogP contribution >= 0.6 is 11.6 Å². The summed E-state index contributed by atoms with van der Waals surface area (Å²) >= 11 is 5.95. The van der Waals surface area contributed by atoms with Gasteiger partial charge in [-0.2, -0.15) is 5.10 Å². The Morgan fingerprint density at radius 3 is 2.64 bits per heavy atom. The fourth-order valence-corrected chi connectivity index (χ4v) is 2.19. The average molecular weight is 315 g/mol. The van der Waals surface area contributed by atoms with Gasteiger partial charge >= 0.3 is 0 Å². The Labute approximate surface area is 131 Å². The summed E-state index contributed by atoms with van der Waals surface area (Å²) in [6, 6.07) is 14.0. The van der Waals surface area contributed by atoms with Crippen LogP contribution in [0.3, 0.4) is 0 Å². The molecule has 6 heteroatoms. The van der Waals surface area contributed by atoms with Gasteiger partial charge in [0.25, 0.3) is 0 Å². The maximum Gasteiger partial charge on any atom is 0.221 e. The number of nitrogen functional groups attached to an aromatic ring is 1. The van der Waals surface area contributed by atoms with E-state index in [-0.39, 0.29) is 16.5 Å². The van der Waals surface area contributed by atoms with Crippen molar-refractivity contribution in [2.45, 2.75) is 0 Å². The maximum atomic E-state index is 13.7. The first-order valence-corrected chi connectivity index (χ1v) is 6.91. The zero-order valence-electron chi connectivity index (χ0n) is 11.4. The third-order valence-electron chi connectivity index (χ3n) is 3.09. The Hall–Kier alpha value is -2.66. The molecule has 110 valence electrons. The molecule has 3 aromatic rings. The summed E-state index contributed by atoms with van der Waals surface area (Å²) in [6.45, 7) is 0. The molecular formula is C16H12ClFN4. The van der Waals surface area contributed by atoms with E-state index >= 15 is 0 Å². The standard InChI is InChI=1S/C16H12ClFN4/c17-13-7-4-8-14(18)12(13)9-20-22-10-15(21-16(22)19)11-5-2-1-3-6-11/h1-10H,(H2,19,21). The van der Waals surface area contributed by atoms with E-state index in [4.69, 9.17) is 17.3 Å². The van der Waals surface area contributed by atoms with Crippen molar-refractivity contribution in [2.75, 3.05) is 5.73 Å². The minimum atomic E-state index is -0.446. The molecule has 1 heterocycles. The Morgan fingerprint density at radius 2 is 1.91 bits per heavy atom. The molecule has 4 nitrogen and oxygen atoms in total. The van der Waals surface area contributed by atoms with Gasteiger partial charge in [0.05, 0.1) is 23.1 Å². The maximum absolute atomic E-state index is 13.7. The van der Waals surface area contributed by atoms with E-state index in [1.807, 2.05) is 30.3 Å². The van der Waals surface area contributed by atoms with Gasteiger partial charge in [-0.15, -0.1) is 0 Å². The molecule has 0 atom stereocenters. The second-order valence-corrected chi connectivity index (χ2v) is 4.98. The number of rotatable bonds is 3. The van der Waals surface area contributed by atoms with Crippen LogP contribution in [0.25, 0.3) is 11.3 Å². The van der Waals surface area contributed by atoms with E-state index in [2.05, 4.69) is 10.1 Å². The molecule has 0 saturated carbocycles. The molecule has 0 spiro atoms. The van der Waals surface area contributed by atoms with Crippen LogP contribution in [0.15, 0.2) is 59.8 Å². The average Bonchev–Trinajstić information content (AvgIpc) is 2.89. The molecule has 0 fully saturated rings. The van der Waals surface area contributed by atoms with Crippen molar-refractivity contribution in [1.29, 1.82) is 0 Å². The van der Waals surface area contributed by atoms with Gasteiger partial charge in [0.15, 0.2) is 0 Å². The van der Waals surface area contributed by atoms with Gasteiger partial charge in [0.2, 0.25) is 5.95 Å². The van der Waals surface area contributed by atoms with Crippen molar-refractivity contribution in [3.63, 3.8) is 0 Å². The molecule has 0 saturated heterocycles. The summed E-state index contributed by atoms with van der Waals surface area (Å²) in [4.78, 5) is 4.24. The number of hydrogen-bond acceptors (Lipinski definition) is 3. The van der Waals surface area contributed by atoms with Crippen molar-refractivity contribution in [3.05, 3.63) is 71.1 Å². The van der Waals surface area contributed by atoms with E-state index in [1.54, 1.807) is 12.3 Å². The molecular weight excluding hydrogens is 303 g/mol. The lowest BCUT2D eigenvalue weighted by molar-refractivity contribution is 0.626. The monoisotopic (exact) mass is 314 g/mol. The molecule has 0 radical (unpaired) electrons. The molecule has 22 heavy (non-hydrogen) atoms. The highest BCUT2D eigenvalue weighted by molar-refractivity contribution is 6.33. The zero-order chi connectivity index (χ0) is 15.5. The normalized spacial score (nSPS) is 11.2. The van der Waals surface area contributed by atoms with Gasteiger partial charge in [-0.1, -0.05) is 48.0 Å². The quantitative estimate of drug-likeness (QED) is 0.747. The SMILES string of the molecule is Nc1nc(-c2ccccc2)cn1N=Cc1c(F)cccc1Cl. The lowest BCUT2D eigenvalue weighted by Gasteiger charge is -1.99. The number of aromatic nitrogens is 2. The Morgan fingerprint density at radius 1 is 1.14 bits per heavy atom. The summed E-state index contributed by atoms with van der Waals surface area (Å²) in [6.07, 6.45) is 3.00. The second-order valence-electron chi connectivity index (χ2n) is 4.57. The van der Waals surface area contributed by atoms with Crippen molar-refractivity contribution in [3.8, 4) is 11.3 Å². The van der Waals surface area contributed by atoms with Crippen LogP contribution in [-0.4, -0.2) is 15.9 Å². The number of hydrogen-bond donors (Lipinski definition) is 1. The van der Waals surface area contributed by atoms with Gasteiger partial charge in [-0.05, 0) is 12.1 Å². The fraction of sp³-hybridized carbons (Fsp3) is 0. The molecule has 0 aliphatic rings. The lowest BCUT2D eigenvalue weighted by Crippen LogP contribution is -1.98. The number of anilines is 1. The molecule has 0 aliphatic heterocycles. The van der Waals surface area contributed by atoms with Crippen LogP contribution in [-0.2, 0) is 0 Å². The Balaban J connectivity index is 1.94. The molecule has 0 amide bonds. The number of nitrogens with zero attached hydrogens (tertiary/aromatic N) is 3. The van der Waals surface area contributed by atoms with Gasteiger partial charge in [0.1, 0.15) is 5.82 Å². The summed E-state index contributed by atoms with van der Waals surface area (Å²) in [7, 11) is 0. The number of halogens is 2. The van der Waals surface area contributed by atoms with Crippen LogP contribution in [0, 0.1) is 5.82 Å². The molecule has 3 rings (SSSR count). The Kier molecular flexibility index (Phi) is 3.89. The summed E-state index contributed by atoms with van der Waals surface area (Å²) < 4.78 is 15.1. The van der Waals surface area contributed by atoms with Crippen molar-refractivity contribution in [1.82, 2.24) is 9.66 Å². The van der Waals surface area contributed by atoms with Crippen molar-refractivity contribution < 1.29 is 4.39 Å². The van der Waals surface area contributed by atoms with E-state index < -0.39 is 5.82 Å². The van der Waals surface area contributed by atoms with Gasteiger partial charge in [-0.25, -0.2) is 14.1 Å². The van der Waals surface area contributed by atoms with Crippen LogP contribution in [0.1, 0.15) is 5.56 Å². The zero-order valence-corrected chi connectivity index (χ0v) is 12.2. The van der Waals surface area contributed by atoms with Crippen molar-refractivity contribution >= 4 is 23.8 Å². The predicted octanol–water partition coefficient (Wildman–Crippen LogP) is 3.81. The van der Waals surface area contributed by atoms with E-state index in [9.17, 15) is 4.39 Å². The van der Waals surface area contributed by atoms with Crippen LogP contribution < -0.4 is 5.73 Å². The van der Waals surface area contributed by atoms with Gasteiger partial charge < -0.3 is 5.73 Å². The molecule has 2 N–H and O–H groups in total. The van der Waals surface area contributed by atoms with E-state index in [0.717, 1.165) is 5.56 Å². The first kappa shape index (κ1) is 14.3. The molecule has 2 aromatic carbocycles. The lowest BCUT2D eigenvalue weighted by atomic mass is 10.2. The van der Waals surface area contributed by atoms with Crippen molar-refractivity contribution in [2.24, 2.45) is 5.10 Å². The molecule has 1 aromatic heterocycles. The third-order valence-corrected chi connectivity index (χ3v) is 3.42. The fourth-order valence-electron chi connectivity index (χ4n) is 1.98.